The number of terminal acetylenes is 1. The van der Waals surface area contributed by atoms with Crippen LogP contribution in [0.2, 0.25) is 0 Å². The zero-order chi connectivity index (χ0) is 10.1. The fraction of sp³-hybridized carbons (Fsp3) is 0.800. The maximum absolute atomic E-state index is 5.28. The van der Waals surface area contributed by atoms with Crippen LogP contribution < -0.4 is 5.32 Å². The molecule has 0 aromatic heterocycles. The highest BCUT2D eigenvalue weighted by atomic mass is 16.5. The van der Waals surface area contributed by atoms with Crippen LogP contribution in [-0.2, 0) is 4.74 Å². The van der Waals surface area contributed by atoms with Gasteiger partial charge < -0.3 is 10.1 Å². The van der Waals surface area contributed by atoms with Crippen LogP contribution >= 0.6 is 0 Å². The average Bonchev–Trinajstić information content (AvgIpc) is 2.14. The fourth-order valence-corrected chi connectivity index (χ4v) is 1.34. The highest BCUT2D eigenvalue weighted by Gasteiger charge is 2.14. The van der Waals surface area contributed by atoms with Crippen molar-refractivity contribution in [1.29, 1.82) is 0 Å². The minimum absolute atomic E-state index is 0.371. The van der Waals surface area contributed by atoms with Gasteiger partial charge >= 0.3 is 0 Å². The normalized spacial score (nSPS) is 12.8. The summed E-state index contributed by atoms with van der Waals surface area (Å²) < 4.78 is 5.14. The van der Waals surface area contributed by atoms with Crippen molar-refractivity contribution in [2.75, 3.05) is 40.4 Å². The van der Waals surface area contributed by atoms with E-state index in [1.807, 2.05) is 7.05 Å². The van der Waals surface area contributed by atoms with Crippen molar-refractivity contribution in [3.63, 3.8) is 0 Å². The number of ether oxygens (including phenoxy) is 1. The SMILES string of the molecule is C#CCN(CC)C(CNC)COC. The Morgan fingerprint density at radius 1 is 1.62 bits per heavy atom. The second-order valence-corrected chi connectivity index (χ2v) is 2.93. The maximum atomic E-state index is 5.28. The van der Waals surface area contributed by atoms with Crippen LogP contribution in [0.4, 0.5) is 0 Å². The lowest BCUT2D eigenvalue weighted by Crippen LogP contribution is -2.44. The topological polar surface area (TPSA) is 24.5 Å². The van der Waals surface area contributed by atoms with Gasteiger partial charge in [0.25, 0.3) is 0 Å². The van der Waals surface area contributed by atoms with Crippen LogP contribution in [0.15, 0.2) is 0 Å². The minimum atomic E-state index is 0.371. The van der Waals surface area contributed by atoms with E-state index in [4.69, 9.17) is 11.2 Å². The second kappa shape index (κ2) is 8.06. The van der Waals surface area contributed by atoms with Crippen molar-refractivity contribution >= 4 is 0 Å². The van der Waals surface area contributed by atoms with Crippen LogP contribution in [-0.4, -0.2) is 51.3 Å². The molecule has 3 nitrogen and oxygen atoms in total. The van der Waals surface area contributed by atoms with E-state index in [0.717, 1.165) is 19.7 Å². The average molecular weight is 184 g/mol. The zero-order valence-corrected chi connectivity index (χ0v) is 8.84. The third-order valence-electron chi connectivity index (χ3n) is 2.02. The van der Waals surface area contributed by atoms with E-state index in [9.17, 15) is 0 Å². The molecule has 0 aromatic carbocycles. The molecule has 0 radical (unpaired) electrons. The van der Waals surface area contributed by atoms with E-state index in [0.29, 0.717) is 12.6 Å². The molecule has 1 atom stereocenters. The lowest BCUT2D eigenvalue weighted by atomic mass is 10.2. The van der Waals surface area contributed by atoms with Crippen molar-refractivity contribution in [2.24, 2.45) is 0 Å². The molecule has 3 heteroatoms. The Bertz CT molecular complexity index is 147. The van der Waals surface area contributed by atoms with Gasteiger partial charge in [0.15, 0.2) is 0 Å². The van der Waals surface area contributed by atoms with Gasteiger partial charge in [0.05, 0.1) is 13.2 Å². The van der Waals surface area contributed by atoms with Gasteiger partial charge in [0.2, 0.25) is 0 Å². The molecule has 0 aliphatic heterocycles. The first kappa shape index (κ1) is 12.4. The zero-order valence-electron chi connectivity index (χ0n) is 8.84. The molecule has 1 N–H and O–H groups in total. The van der Waals surface area contributed by atoms with Gasteiger partial charge in [-0.25, -0.2) is 0 Å². The highest BCUT2D eigenvalue weighted by molar-refractivity contribution is 4.90. The van der Waals surface area contributed by atoms with E-state index in [-0.39, 0.29) is 0 Å². The predicted molar refractivity (Wildman–Crippen MR) is 55.7 cm³/mol. The number of nitrogens with zero attached hydrogens (tertiary/aromatic N) is 1. The van der Waals surface area contributed by atoms with Gasteiger partial charge in [-0.3, -0.25) is 4.90 Å². The molecule has 0 amide bonds. The van der Waals surface area contributed by atoms with Crippen LogP contribution in [0, 0.1) is 12.3 Å². The maximum Gasteiger partial charge on any atom is 0.0630 e. The third-order valence-corrected chi connectivity index (χ3v) is 2.02. The molecule has 1 unspecified atom stereocenters. The first-order valence-electron chi connectivity index (χ1n) is 4.61. The van der Waals surface area contributed by atoms with Gasteiger partial charge in [0.1, 0.15) is 0 Å². The van der Waals surface area contributed by atoms with Crippen molar-refractivity contribution in [2.45, 2.75) is 13.0 Å². The Morgan fingerprint density at radius 3 is 2.69 bits per heavy atom. The molecule has 13 heavy (non-hydrogen) atoms. The summed E-state index contributed by atoms with van der Waals surface area (Å²) in [6.07, 6.45) is 5.28. The third kappa shape index (κ3) is 4.89. The van der Waals surface area contributed by atoms with Gasteiger partial charge in [-0.15, -0.1) is 6.42 Å². The van der Waals surface area contributed by atoms with Crippen molar-refractivity contribution < 1.29 is 4.74 Å². The molecule has 0 aliphatic rings. The van der Waals surface area contributed by atoms with Crippen molar-refractivity contribution in [1.82, 2.24) is 10.2 Å². The monoisotopic (exact) mass is 184 g/mol. The molecule has 0 aliphatic carbocycles. The predicted octanol–water partition coefficient (Wildman–Crippen LogP) is 0.176. The number of nitrogens with one attached hydrogen (secondary N) is 1. The lowest BCUT2D eigenvalue weighted by molar-refractivity contribution is 0.102. The quantitative estimate of drug-likeness (QED) is 0.571. The number of likely N-dealkylation sites (N-methyl/N-ethyl adjacent to an activating group) is 2. The number of rotatable bonds is 7. The summed E-state index contributed by atoms with van der Waals surface area (Å²) in [5, 5.41) is 3.14. The van der Waals surface area contributed by atoms with Crippen molar-refractivity contribution in [3.8, 4) is 12.3 Å². The Morgan fingerprint density at radius 2 is 2.31 bits per heavy atom. The Hall–Kier alpha value is -0.560. The Labute approximate surface area is 81.4 Å². The van der Waals surface area contributed by atoms with Gasteiger partial charge in [-0.1, -0.05) is 12.8 Å². The molecule has 0 bridgehead atoms. The molecule has 0 spiro atoms. The van der Waals surface area contributed by atoms with Crippen molar-refractivity contribution in [3.05, 3.63) is 0 Å². The summed E-state index contributed by atoms with van der Waals surface area (Å²) >= 11 is 0. The van der Waals surface area contributed by atoms with E-state index in [1.54, 1.807) is 7.11 Å². The lowest BCUT2D eigenvalue weighted by Gasteiger charge is -2.28. The minimum Gasteiger partial charge on any atom is -0.383 e. The first-order valence-corrected chi connectivity index (χ1v) is 4.61. The summed E-state index contributed by atoms with van der Waals surface area (Å²) in [6.45, 7) is 5.38. The van der Waals surface area contributed by atoms with Crippen LogP contribution in [0.3, 0.4) is 0 Å². The van der Waals surface area contributed by atoms with Crippen LogP contribution in [0.1, 0.15) is 6.92 Å². The molecule has 0 heterocycles. The van der Waals surface area contributed by atoms with Gasteiger partial charge in [0, 0.05) is 19.7 Å². The molecule has 0 rings (SSSR count). The summed E-state index contributed by atoms with van der Waals surface area (Å²) in [6, 6.07) is 0.371. The number of methoxy groups -OCH3 is 1. The van der Waals surface area contributed by atoms with Gasteiger partial charge in [-0.05, 0) is 13.6 Å². The first-order chi connectivity index (χ1) is 6.29. The molecular weight excluding hydrogens is 164 g/mol. The standard InChI is InChI=1S/C10H20N2O/c1-5-7-12(6-2)10(8-11-3)9-13-4/h1,10-11H,6-9H2,2-4H3. The molecule has 0 saturated heterocycles. The Balaban J connectivity index is 4.04. The van der Waals surface area contributed by atoms with E-state index in [2.05, 4.69) is 23.1 Å². The molecule has 0 fully saturated rings. The molecule has 76 valence electrons. The summed E-state index contributed by atoms with van der Waals surface area (Å²) in [5.41, 5.74) is 0. The number of hydrogen-bond donors (Lipinski definition) is 1. The van der Waals surface area contributed by atoms with Gasteiger partial charge in [-0.2, -0.15) is 0 Å². The largest absolute Gasteiger partial charge is 0.383 e. The number of hydrogen-bond acceptors (Lipinski definition) is 3. The summed E-state index contributed by atoms with van der Waals surface area (Å²) in [7, 11) is 3.65. The molecule has 0 aromatic rings. The fourth-order valence-electron chi connectivity index (χ4n) is 1.34. The highest BCUT2D eigenvalue weighted by Crippen LogP contribution is 1.98. The van der Waals surface area contributed by atoms with Crippen LogP contribution in [0.25, 0.3) is 0 Å². The summed E-state index contributed by atoms with van der Waals surface area (Å²) in [4.78, 5) is 2.22. The second-order valence-electron chi connectivity index (χ2n) is 2.93. The van der Waals surface area contributed by atoms with Crippen LogP contribution in [0.5, 0.6) is 0 Å². The molecular formula is C10H20N2O. The summed E-state index contributed by atoms with van der Waals surface area (Å²) in [5.74, 6) is 2.66. The smallest absolute Gasteiger partial charge is 0.0630 e. The van der Waals surface area contributed by atoms with E-state index in [1.165, 1.54) is 0 Å². The Kier molecular flexibility index (Phi) is 7.71. The molecule has 0 saturated carbocycles. The van der Waals surface area contributed by atoms with E-state index >= 15 is 0 Å². The van der Waals surface area contributed by atoms with E-state index < -0.39 is 0 Å².